The van der Waals surface area contributed by atoms with Crippen molar-refractivity contribution in [1.29, 1.82) is 0 Å². The van der Waals surface area contributed by atoms with E-state index >= 15 is 0 Å². The molecular weight excluding hydrogens is 1880 g/mol. The fraction of sp³-hybridized carbons (Fsp3) is 0.0299. The largest absolute Gasteiger partial charge is 0.268 e. The van der Waals surface area contributed by atoms with Crippen LogP contribution in [0.4, 0.5) is 0 Å². The van der Waals surface area contributed by atoms with E-state index in [1.165, 1.54) is 21.5 Å². The van der Waals surface area contributed by atoms with Gasteiger partial charge in [0.25, 0.3) is 22.2 Å². The van der Waals surface area contributed by atoms with Crippen molar-refractivity contribution in [3.05, 3.63) is 576 Å². The number of hydrogen-bond acceptors (Lipinski definition) is 12. The van der Waals surface area contributed by atoms with Crippen LogP contribution in [0.25, 0.3) is 158 Å². The third kappa shape index (κ3) is 22.1. The molecule has 150 heavy (non-hydrogen) atoms. The molecule has 8 heterocycles. The van der Waals surface area contributed by atoms with Crippen LogP contribution in [0.5, 0.6) is 0 Å². The first-order valence-electron chi connectivity index (χ1n) is 48.8. The fourth-order valence-electron chi connectivity index (χ4n) is 17.9. The van der Waals surface area contributed by atoms with Crippen molar-refractivity contribution in [3.8, 4) is 70.1 Å². The quantitative estimate of drug-likeness (QED) is 0.107. The molecule has 24 aromatic rings. The maximum absolute atomic E-state index is 13.7. The highest BCUT2D eigenvalue weighted by Gasteiger charge is 2.20. The van der Waals surface area contributed by atoms with Crippen molar-refractivity contribution in [1.82, 2.24) is 48.2 Å². The third-order valence-electron chi connectivity index (χ3n) is 25.4. The second-order valence-corrected chi connectivity index (χ2v) is 37.6. The lowest BCUT2D eigenvalue weighted by atomic mass is 10.1. The van der Waals surface area contributed by atoms with Gasteiger partial charge in [-0.1, -0.05) is 266 Å². The highest BCUT2D eigenvalue weighted by Crippen LogP contribution is 2.30. The molecule has 0 amide bonds. The zero-order valence-electron chi connectivity index (χ0n) is 82.0. The van der Waals surface area contributed by atoms with E-state index in [9.17, 15) is 19.2 Å². The second kappa shape index (κ2) is 44.5. The van der Waals surface area contributed by atoms with Crippen molar-refractivity contribution in [2.45, 2.75) is 27.7 Å². The molecule has 712 valence electrons. The molecule has 0 N–H and O–H groups in total. The number of rotatable bonds is 12. The Hall–Kier alpha value is -20.0. The topological polar surface area (TPSA) is 165 Å². The summed E-state index contributed by atoms with van der Waals surface area (Å²) in [5, 5.41) is 13.2. The first-order valence-corrected chi connectivity index (χ1v) is 50.5. The van der Waals surface area contributed by atoms with E-state index in [4.69, 9.17) is 19.9 Å². The maximum atomic E-state index is 13.7. The number of pyridine rings is 2. The Bertz CT molecular complexity index is 9480. The molecule has 0 unspecified atom stereocenters. The van der Waals surface area contributed by atoms with E-state index in [2.05, 4.69) is 130 Å². The molecule has 0 spiro atoms. The number of fused-ring (bicyclic) bond motifs is 8. The second-order valence-electron chi connectivity index (χ2n) is 35.7. The molecule has 0 aliphatic carbocycles. The number of nitrogens with zero attached hydrogens (tertiary/aromatic N) is 10. The van der Waals surface area contributed by atoms with Crippen molar-refractivity contribution in [2.24, 2.45) is 0 Å². The highest BCUT2D eigenvalue weighted by molar-refractivity contribution is 7.10. The van der Waals surface area contributed by atoms with E-state index in [0.717, 1.165) is 132 Å². The molecule has 16 aromatic carbocycles. The van der Waals surface area contributed by atoms with Crippen LogP contribution < -0.4 is 22.2 Å². The van der Waals surface area contributed by atoms with Gasteiger partial charge in [-0.3, -0.25) is 47.4 Å². The third-order valence-corrected chi connectivity index (χ3v) is 27.0. The molecule has 0 saturated carbocycles. The van der Waals surface area contributed by atoms with Crippen molar-refractivity contribution >= 4 is 158 Å². The zero-order valence-corrected chi connectivity index (χ0v) is 83.6. The van der Waals surface area contributed by atoms with Gasteiger partial charge in [0.2, 0.25) is 0 Å². The van der Waals surface area contributed by atoms with E-state index in [1.54, 1.807) is 53.3 Å². The minimum atomic E-state index is -0.107. The van der Waals surface area contributed by atoms with Crippen molar-refractivity contribution in [3.63, 3.8) is 0 Å². The standard InChI is InChI=1S/C35H24N2O.C34H23N3O.C33H22N2OS.C32H21N3OS/c1-25-23-27(16-15-26-9-3-2-4-10-26)18-21-33(25)37-34(36-32-14-8-7-13-31(32)35(37)38)22-19-28-17-20-29-11-5-6-12-30(29)24-28;1-24-22-26(14-13-25-8-3-2-4-9-25)16-19-32(24)37-33(36-31-12-6-5-11-29(31)34(37)38)20-17-27-15-18-30-28(23-27)10-7-21-35-30;1-23-21-24(13-17-28-9-6-20-37-28)14-18-31(23)35-32(34-30-11-5-4-10-29(30)33(35)36)19-15-25-12-16-26-7-2-3-8-27(26)22-25;1-22-20-23(10-14-26-7-5-19-37-26)12-16-30(22)35-31(34-29-9-3-2-8-27(29)32(35)36)17-13-24-11-15-28-25(21-24)6-4-18-33-28/h2-14,17-24H,1H3;2-12,15-23H,1H3;2-12,14-16,18-22H,1H3;2-9,11-13,15-21H,1H3/b22-19+;20-17+;19-15+;17-13+. The van der Waals surface area contributed by atoms with Gasteiger partial charge in [-0.2, -0.15) is 0 Å². The molecule has 0 bridgehead atoms. The van der Waals surface area contributed by atoms with Crippen molar-refractivity contribution < 1.29 is 0 Å². The van der Waals surface area contributed by atoms with Gasteiger partial charge in [0.15, 0.2) is 0 Å². The molecule has 0 fully saturated rings. The number of aryl methyl sites for hydroxylation is 4. The molecule has 24 rings (SSSR count). The summed E-state index contributed by atoms with van der Waals surface area (Å²) in [4.78, 5) is 85.2. The SMILES string of the molecule is Cc1cc(C#Cc2ccccc2)ccc1-n1c(/C=C/c2ccc3ccccc3c2)nc2ccccc2c1=O.Cc1cc(C#Cc2ccccc2)ccc1-n1c(/C=C/c2ccc3ncccc3c2)nc2ccccc2c1=O.Cc1cc(C#Cc2cccs2)ccc1-n1c(/C=C/c2ccc3ccccc3c2)nc2ccccc2c1=O.Cc1cc(C#Cc2cccs2)ccc1-n1c(/C=C/c2ccc3ncccc3c2)nc2ccccc2c1=O. The lowest BCUT2D eigenvalue weighted by Gasteiger charge is -2.14. The van der Waals surface area contributed by atoms with E-state index in [-0.39, 0.29) is 22.2 Å². The first kappa shape index (κ1) is 96.2. The lowest BCUT2D eigenvalue weighted by molar-refractivity contribution is 0.934. The van der Waals surface area contributed by atoms with Crippen LogP contribution >= 0.6 is 22.7 Å². The van der Waals surface area contributed by atoms with Gasteiger partial charge < -0.3 is 0 Å². The number of benzene rings is 16. The maximum Gasteiger partial charge on any atom is 0.266 e. The molecule has 16 heteroatoms. The Morgan fingerprint density at radius 3 is 0.787 bits per heavy atom. The Morgan fingerprint density at radius 1 is 0.213 bits per heavy atom. The molecule has 8 aromatic heterocycles. The predicted molar refractivity (Wildman–Crippen MR) is 621 cm³/mol. The summed E-state index contributed by atoms with van der Waals surface area (Å²) in [6.45, 7) is 8.00. The van der Waals surface area contributed by atoms with Gasteiger partial charge in [0.05, 0.1) is 87.1 Å². The van der Waals surface area contributed by atoms with E-state index < -0.39 is 0 Å². The van der Waals surface area contributed by atoms with Crippen LogP contribution in [0.15, 0.2) is 443 Å². The summed E-state index contributed by atoms with van der Waals surface area (Å²) in [6.07, 6.45) is 19.2. The molecule has 0 aliphatic rings. The van der Waals surface area contributed by atoms with Crippen LogP contribution in [-0.2, 0) is 0 Å². The fourth-order valence-corrected chi connectivity index (χ4v) is 19.1. The summed E-state index contributed by atoms with van der Waals surface area (Å²) in [5.74, 6) is 28.0. The van der Waals surface area contributed by atoms with Gasteiger partial charge in [-0.25, -0.2) is 19.9 Å². The average Bonchev–Trinajstić information content (AvgIpc) is 0.864. The van der Waals surface area contributed by atoms with Crippen LogP contribution in [0.2, 0.25) is 0 Å². The van der Waals surface area contributed by atoms with Gasteiger partial charge in [-0.05, 0) is 335 Å². The van der Waals surface area contributed by atoms with Gasteiger partial charge in [0, 0.05) is 56.5 Å². The normalized spacial score (nSPS) is 11.1. The smallest absolute Gasteiger partial charge is 0.266 e. The summed E-state index contributed by atoms with van der Waals surface area (Å²) >= 11 is 3.24. The van der Waals surface area contributed by atoms with E-state index in [0.29, 0.717) is 66.9 Å². The van der Waals surface area contributed by atoms with Crippen LogP contribution in [0, 0.1) is 75.1 Å². The average molecular weight is 1970 g/mol. The minimum absolute atomic E-state index is 0.0933. The van der Waals surface area contributed by atoms with Crippen LogP contribution in [0.1, 0.15) is 111 Å². The molecule has 0 saturated heterocycles. The number of thiophene rings is 2. The van der Waals surface area contributed by atoms with Crippen molar-refractivity contribution in [2.75, 3.05) is 0 Å². The lowest BCUT2D eigenvalue weighted by Crippen LogP contribution is -2.23. The molecular formula is C134H90N10O4S2. The summed E-state index contributed by atoms with van der Waals surface area (Å²) in [6, 6.07) is 131. The first-order chi connectivity index (χ1) is 73.6. The number of aromatic nitrogens is 10. The Morgan fingerprint density at radius 2 is 0.480 bits per heavy atom. The molecule has 0 radical (unpaired) electrons. The Kier molecular flexibility index (Phi) is 28.5. The predicted octanol–water partition coefficient (Wildman–Crippen LogP) is 28.6. The minimum Gasteiger partial charge on any atom is -0.268 e. The summed E-state index contributed by atoms with van der Waals surface area (Å²) in [5.41, 5.74) is 20.7. The molecule has 0 atom stereocenters. The highest BCUT2D eigenvalue weighted by atomic mass is 32.1. The Balaban J connectivity index is 0.000000117. The van der Waals surface area contributed by atoms with Gasteiger partial charge in [0.1, 0.15) is 23.3 Å². The summed E-state index contributed by atoms with van der Waals surface area (Å²) in [7, 11) is 0. The molecule has 0 aliphatic heterocycles. The van der Waals surface area contributed by atoms with Gasteiger partial charge >= 0.3 is 0 Å². The van der Waals surface area contributed by atoms with Crippen LogP contribution in [0.3, 0.4) is 0 Å². The number of hydrogen-bond donors (Lipinski definition) is 0. The Labute approximate surface area is 873 Å². The number of para-hydroxylation sites is 4. The zero-order chi connectivity index (χ0) is 102. The summed E-state index contributed by atoms with van der Waals surface area (Å²) < 4.78 is 6.77. The van der Waals surface area contributed by atoms with Crippen LogP contribution in [-0.4, -0.2) is 48.2 Å². The molecule has 14 nitrogen and oxygen atoms in total. The van der Waals surface area contributed by atoms with E-state index in [1.807, 2.05) is 415 Å². The van der Waals surface area contributed by atoms with Gasteiger partial charge in [-0.15, -0.1) is 22.7 Å². The monoisotopic (exact) mass is 1970 g/mol.